The van der Waals surface area contributed by atoms with Crippen molar-refractivity contribution in [2.24, 2.45) is 4.99 Å². The Labute approximate surface area is 212 Å². The second-order valence-corrected chi connectivity index (χ2v) is 9.01. The van der Waals surface area contributed by atoms with Crippen molar-refractivity contribution in [1.82, 2.24) is 0 Å². The van der Waals surface area contributed by atoms with Crippen LogP contribution in [0.4, 0.5) is 4.39 Å². The van der Waals surface area contributed by atoms with Crippen molar-refractivity contribution in [3.8, 4) is 11.5 Å². The summed E-state index contributed by atoms with van der Waals surface area (Å²) in [5.41, 5.74) is 2.31. The molecule has 0 N–H and O–H groups in total. The summed E-state index contributed by atoms with van der Waals surface area (Å²) in [5.74, 6) is 0.474. The van der Waals surface area contributed by atoms with Crippen LogP contribution < -0.4 is 9.47 Å². The third kappa shape index (κ3) is 5.62. The lowest BCUT2D eigenvalue weighted by atomic mass is 10.1. The second kappa shape index (κ2) is 10.5. The summed E-state index contributed by atoms with van der Waals surface area (Å²) >= 11 is 5.59. The molecule has 0 atom stereocenters. The van der Waals surface area contributed by atoms with Crippen molar-refractivity contribution in [2.45, 2.75) is 13.5 Å². The van der Waals surface area contributed by atoms with Crippen molar-refractivity contribution in [1.29, 1.82) is 0 Å². The van der Waals surface area contributed by atoms with Crippen molar-refractivity contribution >= 4 is 56.5 Å². The highest BCUT2D eigenvalue weighted by atomic mass is 127. The van der Waals surface area contributed by atoms with Crippen LogP contribution >= 0.6 is 38.5 Å². The number of benzene rings is 3. The number of hydrogen-bond acceptors (Lipinski definition) is 5. The van der Waals surface area contributed by atoms with E-state index >= 15 is 0 Å². The Balaban J connectivity index is 1.62. The average Bonchev–Trinajstić information content (AvgIpc) is 3.13. The molecule has 1 heterocycles. The third-order valence-corrected chi connectivity index (χ3v) is 6.12. The number of ether oxygens (including phenoxy) is 3. The number of rotatable bonds is 7. The van der Waals surface area contributed by atoms with E-state index < -0.39 is 5.97 Å². The van der Waals surface area contributed by atoms with Crippen molar-refractivity contribution in [3.63, 3.8) is 0 Å². The molecule has 0 saturated heterocycles. The number of nitrogens with zero attached hydrogens (tertiary/aromatic N) is 1. The fourth-order valence-corrected chi connectivity index (χ4v) is 4.41. The summed E-state index contributed by atoms with van der Waals surface area (Å²) in [6.45, 7) is 2.50. The molecule has 0 saturated carbocycles. The van der Waals surface area contributed by atoms with E-state index in [1.165, 1.54) is 12.1 Å². The lowest BCUT2D eigenvalue weighted by Crippen LogP contribution is -2.06. The van der Waals surface area contributed by atoms with E-state index in [1.807, 2.05) is 37.3 Å². The summed E-state index contributed by atoms with van der Waals surface area (Å²) in [6, 6.07) is 17.3. The van der Waals surface area contributed by atoms with Gasteiger partial charge in [-0.3, -0.25) is 0 Å². The van der Waals surface area contributed by atoms with E-state index in [2.05, 4.69) is 43.5 Å². The molecule has 0 radical (unpaired) electrons. The van der Waals surface area contributed by atoms with E-state index in [0.29, 0.717) is 34.8 Å². The lowest BCUT2D eigenvalue weighted by Gasteiger charge is -2.15. The second-order valence-electron chi connectivity index (χ2n) is 7.00. The van der Waals surface area contributed by atoms with E-state index in [1.54, 1.807) is 24.3 Å². The number of cyclic esters (lactones) is 1. The fourth-order valence-electron chi connectivity index (χ4n) is 3.17. The summed E-state index contributed by atoms with van der Waals surface area (Å²) in [5, 5.41) is 0. The Kier molecular flexibility index (Phi) is 7.44. The Morgan fingerprint density at radius 1 is 1.12 bits per heavy atom. The molecule has 5 nitrogen and oxygen atoms in total. The summed E-state index contributed by atoms with van der Waals surface area (Å²) < 4.78 is 32.1. The molecule has 33 heavy (non-hydrogen) atoms. The first kappa shape index (κ1) is 23.4. The maximum atomic E-state index is 13.5. The van der Waals surface area contributed by atoms with Crippen LogP contribution in [0.3, 0.4) is 0 Å². The van der Waals surface area contributed by atoms with Crippen LogP contribution in [-0.4, -0.2) is 18.5 Å². The maximum Gasteiger partial charge on any atom is 0.363 e. The minimum absolute atomic E-state index is 0.187. The molecule has 168 valence electrons. The zero-order valence-corrected chi connectivity index (χ0v) is 21.2. The number of halogens is 3. The van der Waals surface area contributed by atoms with Crippen molar-refractivity contribution < 1.29 is 23.4 Å². The number of hydrogen-bond donors (Lipinski definition) is 0. The third-order valence-electron chi connectivity index (χ3n) is 4.63. The highest BCUT2D eigenvalue weighted by Gasteiger charge is 2.25. The lowest BCUT2D eigenvalue weighted by molar-refractivity contribution is -0.129. The molecule has 4 rings (SSSR count). The minimum Gasteiger partial charge on any atom is -0.490 e. The Hall–Kier alpha value is -2.72. The zero-order chi connectivity index (χ0) is 23.4. The molecule has 0 amide bonds. The quantitative estimate of drug-likeness (QED) is 0.171. The van der Waals surface area contributed by atoms with Gasteiger partial charge < -0.3 is 14.2 Å². The smallest absolute Gasteiger partial charge is 0.363 e. The van der Waals surface area contributed by atoms with Gasteiger partial charge in [0.05, 0.1) is 15.7 Å². The van der Waals surface area contributed by atoms with Crippen LogP contribution in [0.1, 0.15) is 23.6 Å². The molecule has 0 aliphatic carbocycles. The van der Waals surface area contributed by atoms with Gasteiger partial charge in [0.2, 0.25) is 5.90 Å². The molecule has 0 fully saturated rings. The normalized spacial score (nSPS) is 14.2. The number of carbonyl (C=O) groups excluding carboxylic acids is 1. The monoisotopic (exact) mass is 621 g/mol. The molecular weight excluding hydrogens is 604 g/mol. The van der Waals surface area contributed by atoms with Crippen LogP contribution in [0.15, 0.2) is 75.8 Å². The number of esters is 1. The van der Waals surface area contributed by atoms with E-state index in [0.717, 1.165) is 8.04 Å². The van der Waals surface area contributed by atoms with Crippen LogP contribution in [0.5, 0.6) is 11.5 Å². The van der Waals surface area contributed by atoms with Gasteiger partial charge in [-0.05, 0) is 99.0 Å². The van der Waals surface area contributed by atoms with Crippen LogP contribution in [0.2, 0.25) is 0 Å². The summed E-state index contributed by atoms with van der Waals surface area (Å²) in [7, 11) is 0. The molecule has 1 aliphatic heterocycles. The predicted octanol–water partition coefficient (Wildman–Crippen LogP) is 6.52. The minimum atomic E-state index is -0.528. The van der Waals surface area contributed by atoms with Gasteiger partial charge in [-0.2, -0.15) is 0 Å². The largest absolute Gasteiger partial charge is 0.490 e. The molecular formula is C25H18BrFINO4. The van der Waals surface area contributed by atoms with Gasteiger partial charge >= 0.3 is 5.97 Å². The molecule has 3 aromatic carbocycles. The molecule has 0 spiro atoms. The van der Waals surface area contributed by atoms with Crippen molar-refractivity contribution in [2.75, 3.05) is 6.61 Å². The van der Waals surface area contributed by atoms with Crippen molar-refractivity contribution in [3.05, 3.63) is 96.9 Å². The first-order valence-corrected chi connectivity index (χ1v) is 11.9. The first-order chi connectivity index (χ1) is 15.9. The number of aliphatic imine (C=N–C) groups is 1. The Morgan fingerprint density at radius 2 is 1.94 bits per heavy atom. The average molecular weight is 622 g/mol. The van der Waals surface area contributed by atoms with Gasteiger partial charge in [0.1, 0.15) is 12.4 Å². The first-order valence-electron chi connectivity index (χ1n) is 10.1. The van der Waals surface area contributed by atoms with Gasteiger partial charge in [0.15, 0.2) is 17.2 Å². The summed E-state index contributed by atoms with van der Waals surface area (Å²) in [6.07, 6.45) is 1.65. The van der Waals surface area contributed by atoms with Gasteiger partial charge in [0.25, 0.3) is 0 Å². The van der Waals surface area contributed by atoms with Gasteiger partial charge in [-0.25, -0.2) is 14.2 Å². The maximum absolute atomic E-state index is 13.5. The summed E-state index contributed by atoms with van der Waals surface area (Å²) in [4.78, 5) is 16.8. The van der Waals surface area contributed by atoms with Gasteiger partial charge in [-0.15, -0.1) is 0 Å². The van der Waals surface area contributed by atoms with Gasteiger partial charge in [-0.1, -0.05) is 24.3 Å². The molecule has 0 unspecified atom stereocenters. The molecule has 3 aromatic rings. The van der Waals surface area contributed by atoms with Crippen LogP contribution in [-0.2, 0) is 16.1 Å². The highest BCUT2D eigenvalue weighted by Crippen LogP contribution is 2.36. The molecule has 1 aliphatic rings. The predicted molar refractivity (Wildman–Crippen MR) is 136 cm³/mol. The molecule has 8 heteroatoms. The van der Waals surface area contributed by atoms with E-state index in [9.17, 15) is 9.18 Å². The molecule has 0 aromatic heterocycles. The van der Waals surface area contributed by atoms with E-state index in [4.69, 9.17) is 14.2 Å². The standard InChI is InChI=1S/C25H18BrFINO4/c1-2-31-22-13-16(11-20(28)23(22)32-14-15-6-5-7-17(27)10-15)12-21-25(30)33-24(29-21)18-8-3-4-9-19(18)26/h3-13H,2,14H2,1H3/b21-12-. The van der Waals surface area contributed by atoms with Crippen LogP contribution in [0, 0.1) is 9.39 Å². The van der Waals surface area contributed by atoms with Gasteiger partial charge in [0, 0.05) is 4.47 Å². The zero-order valence-electron chi connectivity index (χ0n) is 17.5. The fraction of sp³-hybridized carbons (Fsp3) is 0.120. The van der Waals surface area contributed by atoms with Crippen LogP contribution in [0.25, 0.3) is 6.08 Å². The number of carbonyl (C=O) groups is 1. The topological polar surface area (TPSA) is 57.1 Å². The SMILES string of the molecule is CCOc1cc(/C=C2\N=C(c3ccccc3Br)OC2=O)cc(I)c1OCc1cccc(F)c1. The van der Waals surface area contributed by atoms with E-state index in [-0.39, 0.29) is 24.0 Å². The Bertz CT molecular complexity index is 1280. The molecule has 0 bridgehead atoms. The highest BCUT2D eigenvalue weighted by molar-refractivity contribution is 14.1. The Morgan fingerprint density at radius 3 is 2.70 bits per heavy atom.